The average molecular weight is 329 g/mol. The first-order valence-electron chi connectivity index (χ1n) is 7.97. The van der Waals surface area contributed by atoms with E-state index in [0.29, 0.717) is 12.2 Å². The van der Waals surface area contributed by atoms with E-state index in [0.717, 1.165) is 43.6 Å². The maximum absolute atomic E-state index is 5.86. The minimum absolute atomic E-state index is 0.119. The topological polar surface area (TPSA) is 93.6 Å². The van der Waals surface area contributed by atoms with E-state index in [4.69, 9.17) is 9.15 Å². The molecule has 0 aliphatic carbocycles. The number of hydrogen-bond acceptors (Lipinski definition) is 8. The molecule has 1 aliphatic heterocycles. The third-order valence-electron chi connectivity index (χ3n) is 4.12. The molecule has 1 aliphatic rings. The van der Waals surface area contributed by atoms with Crippen molar-refractivity contribution in [1.29, 1.82) is 0 Å². The van der Waals surface area contributed by atoms with Crippen molar-refractivity contribution in [2.75, 3.05) is 38.2 Å². The molecule has 0 aromatic carbocycles. The molecule has 3 aromatic rings. The molecule has 4 rings (SSSR count). The lowest BCUT2D eigenvalue weighted by Crippen LogP contribution is -2.41. The molecule has 1 fully saturated rings. The van der Waals surface area contributed by atoms with E-state index in [1.54, 1.807) is 0 Å². The number of nitrogens with zero attached hydrogens (tertiary/aromatic N) is 6. The molecule has 0 amide bonds. The van der Waals surface area contributed by atoms with Gasteiger partial charge in [0.05, 0.1) is 19.3 Å². The van der Waals surface area contributed by atoms with Crippen LogP contribution in [-0.4, -0.2) is 63.0 Å². The first-order chi connectivity index (χ1) is 11.8. The fourth-order valence-corrected chi connectivity index (χ4v) is 2.88. The number of tetrazole rings is 1. The number of hydrogen-bond donors (Lipinski definition) is 1. The zero-order chi connectivity index (χ0) is 16.4. The van der Waals surface area contributed by atoms with Gasteiger partial charge < -0.3 is 14.5 Å². The van der Waals surface area contributed by atoms with Gasteiger partial charge >= 0.3 is 0 Å². The SMILES string of the molecule is Cc1ccc([C@H](CNc2ccc3nnnn3n2)N2CCOCC2)o1. The van der Waals surface area contributed by atoms with E-state index in [1.807, 2.05) is 31.2 Å². The molecule has 126 valence electrons. The smallest absolute Gasteiger partial charge is 0.200 e. The number of furan rings is 1. The zero-order valence-corrected chi connectivity index (χ0v) is 13.4. The Bertz CT molecular complexity index is 809. The lowest BCUT2D eigenvalue weighted by molar-refractivity contribution is 0.0143. The highest BCUT2D eigenvalue weighted by atomic mass is 16.5. The standard InChI is InChI=1S/C15H19N7O2/c1-11-2-3-13(24-11)12(21-6-8-23-9-7-21)10-16-14-4-5-15-17-19-20-22(15)18-14/h2-5,12H,6-10H2,1H3,(H,16,18)/t12-/m0/s1. The number of nitrogens with one attached hydrogen (secondary N) is 1. The average Bonchev–Trinajstić information content (AvgIpc) is 3.24. The van der Waals surface area contributed by atoms with Gasteiger partial charge in [-0.2, -0.15) is 0 Å². The summed E-state index contributed by atoms with van der Waals surface area (Å²) in [6.07, 6.45) is 0. The molecule has 24 heavy (non-hydrogen) atoms. The third kappa shape index (κ3) is 3.08. The number of anilines is 1. The fraction of sp³-hybridized carbons (Fsp3) is 0.467. The van der Waals surface area contributed by atoms with Crippen LogP contribution in [0.5, 0.6) is 0 Å². The van der Waals surface area contributed by atoms with Crippen LogP contribution in [0.3, 0.4) is 0 Å². The van der Waals surface area contributed by atoms with Gasteiger partial charge in [0, 0.05) is 19.6 Å². The van der Waals surface area contributed by atoms with E-state index in [2.05, 4.69) is 30.8 Å². The van der Waals surface area contributed by atoms with Gasteiger partial charge in [0.25, 0.3) is 0 Å². The number of aromatic nitrogens is 5. The Balaban J connectivity index is 1.52. The predicted octanol–water partition coefficient (Wildman–Crippen LogP) is 0.906. The van der Waals surface area contributed by atoms with Crippen LogP contribution in [0.2, 0.25) is 0 Å². The Morgan fingerprint density at radius 3 is 2.88 bits per heavy atom. The molecule has 0 saturated carbocycles. The minimum atomic E-state index is 0.119. The van der Waals surface area contributed by atoms with Gasteiger partial charge in [-0.25, -0.2) is 0 Å². The van der Waals surface area contributed by atoms with Crippen LogP contribution in [0, 0.1) is 6.92 Å². The molecule has 1 saturated heterocycles. The molecule has 0 bridgehead atoms. The molecule has 0 spiro atoms. The maximum Gasteiger partial charge on any atom is 0.200 e. The summed E-state index contributed by atoms with van der Waals surface area (Å²) in [6.45, 7) is 5.88. The Hall–Kier alpha value is -2.52. The van der Waals surface area contributed by atoms with Crippen LogP contribution in [0.1, 0.15) is 17.6 Å². The van der Waals surface area contributed by atoms with Crippen molar-refractivity contribution < 1.29 is 9.15 Å². The highest BCUT2D eigenvalue weighted by Crippen LogP contribution is 2.24. The van der Waals surface area contributed by atoms with Crippen LogP contribution in [0.4, 0.5) is 5.82 Å². The van der Waals surface area contributed by atoms with Gasteiger partial charge in [-0.15, -0.1) is 14.8 Å². The summed E-state index contributed by atoms with van der Waals surface area (Å²) in [5.41, 5.74) is 0.618. The largest absolute Gasteiger partial charge is 0.465 e. The number of ether oxygens (including phenoxy) is 1. The van der Waals surface area contributed by atoms with E-state index in [1.165, 1.54) is 4.63 Å². The first-order valence-corrected chi connectivity index (χ1v) is 7.97. The van der Waals surface area contributed by atoms with Crippen molar-refractivity contribution in [3.8, 4) is 0 Å². The summed E-state index contributed by atoms with van der Waals surface area (Å²) in [5.74, 6) is 2.58. The second-order valence-electron chi connectivity index (χ2n) is 5.74. The highest BCUT2D eigenvalue weighted by molar-refractivity contribution is 5.42. The van der Waals surface area contributed by atoms with Crippen LogP contribution in [0.15, 0.2) is 28.7 Å². The fourth-order valence-electron chi connectivity index (χ4n) is 2.88. The van der Waals surface area contributed by atoms with Crippen molar-refractivity contribution in [2.24, 2.45) is 0 Å². The maximum atomic E-state index is 5.86. The van der Waals surface area contributed by atoms with Gasteiger partial charge in [-0.05, 0) is 41.6 Å². The monoisotopic (exact) mass is 329 g/mol. The predicted molar refractivity (Wildman–Crippen MR) is 85.6 cm³/mol. The zero-order valence-electron chi connectivity index (χ0n) is 13.4. The molecular formula is C15H19N7O2. The van der Waals surface area contributed by atoms with E-state index in [-0.39, 0.29) is 6.04 Å². The van der Waals surface area contributed by atoms with Crippen molar-refractivity contribution in [1.82, 2.24) is 30.2 Å². The van der Waals surface area contributed by atoms with Crippen LogP contribution >= 0.6 is 0 Å². The highest BCUT2D eigenvalue weighted by Gasteiger charge is 2.25. The van der Waals surface area contributed by atoms with Gasteiger partial charge in [0.15, 0.2) is 5.65 Å². The van der Waals surface area contributed by atoms with Crippen molar-refractivity contribution >= 4 is 11.5 Å². The summed E-state index contributed by atoms with van der Waals surface area (Å²) in [5, 5.41) is 19.0. The second-order valence-corrected chi connectivity index (χ2v) is 5.74. The Kier molecular flexibility index (Phi) is 4.09. The van der Waals surface area contributed by atoms with Gasteiger partial charge in [0.1, 0.15) is 17.3 Å². The lowest BCUT2D eigenvalue weighted by atomic mass is 10.1. The van der Waals surface area contributed by atoms with Crippen molar-refractivity contribution in [3.05, 3.63) is 35.8 Å². The van der Waals surface area contributed by atoms with Gasteiger partial charge in [0.2, 0.25) is 0 Å². The van der Waals surface area contributed by atoms with Crippen LogP contribution in [-0.2, 0) is 4.74 Å². The van der Waals surface area contributed by atoms with Crippen LogP contribution in [0.25, 0.3) is 5.65 Å². The van der Waals surface area contributed by atoms with E-state index >= 15 is 0 Å². The molecule has 0 unspecified atom stereocenters. The Labute approximate surface area is 138 Å². The summed E-state index contributed by atoms with van der Waals surface area (Å²) in [7, 11) is 0. The molecule has 0 radical (unpaired) electrons. The van der Waals surface area contributed by atoms with E-state index < -0.39 is 0 Å². The molecule has 1 atom stereocenters. The minimum Gasteiger partial charge on any atom is -0.465 e. The summed E-state index contributed by atoms with van der Waals surface area (Å²) in [6, 6.07) is 7.85. The molecule has 9 nitrogen and oxygen atoms in total. The molecular weight excluding hydrogens is 310 g/mol. The van der Waals surface area contributed by atoms with Crippen molar-refractivity contribution in [2.45, 2.75) is 13.0 Å². The molecule has 1 N–H and O–H groups in total. The normalized spacial score (nSPS) is 17.2. The summed E-state index contributed by atoms with van der Waals surface area (Å²) in [4.78, 5) is 2.37. The lowest BCUT2D eigenvalue weighted by Gasteiger charge is -2.33. The second kappa shape index (κ2) is 6.54. The van der Waals surface area contributed by atoms with E-state index in [9.17, 15) is 0 Å². The third-order valence-corrected chi connectivity index (χ3v) is 4.12. The number of fused-ring (bicyclic) bond motifs is 1. The molecule has 4 heterocycles. The molecule has 3 aromatic heterocycles. The quantitative estimate of drug-likeness (QED) is 0.738. The Morgan fingerprint density at radius 2 is 2.08 bits per heavy atom. The summed E-state index contributed by atoms with van der Waals surface area (Å²) >= 11 is 0. The summed E-state index contributed by atoms with van der Waals surface area (Å²) < 4.78 is 12.7. The van der Waals surface area contributed by atoms with Gasteiger partial charge in [-0.1, -0.05) is 0 Å². The number of rotatable bonds is 5. The van der Waals surface area contributed by atoms with Crippen LogP contribution < -0.4 is 5.32 Å². The molecule has 9 heteroatoms. The van der Waals surface area contributed by atoms with Crippen molar-refractivity contribution in [3.63, 3.8) is 0 Å². The number of morpholine rings is 1. The Morgan fingerprint density at radius 1 is 1.21 bits per heavy atom. The number of aryl methyl sites for hydroxylation is 1. The first kappa shape index (κ1) is 15.0. The van der Waals surface area contributed by atoms with Gasteiger partial charge in [-0.3, -0.25) is 4.90 Å².